The van der Waals surface area contributed by atoms with Gasteiger partial charge in [0.1, 0.15) is 6.33 Å². The van der Waals surface area contributed by atoms with Crippen molar-refractivity contribution in [2.24, 2.45) is 0 Å². The van der Waals surface area contributed by atoms with E-state index in [1.807, 2.05) is 24.3 Å². The predicted octanol–water partition coefficient (Wildman–Crippen LogP) is 1.62. The molecule has 0 amide bonds. The number of hydrogen-bond donors (Lipinski definition) is 0. The van der Waals surface area contributed by atoms with E-state index in [-0.39, 0.29) is 6.61 Å². The first-order valence-electron chi connectivity index (χ1n) is 5.23. The van der Waals surface area contributed by atoms with E-state index >= 15 is 0 Å². The van der Waals surface area contributed by atoms with Crippen LogP contribution in [0.1, 0.15) is 5.56 Å². The molecule has 2 rings (SSSR count). The lowest BCUT2D eigenvalue weighted by Crippen LogP contribution is -2.02. The lowest BCUT2D eigenvalue weighted by molar-refractivity contribution is 0.312. The summed E-state index contributed by atoms with van der Waals surface area (Å²) in [7, 11) is -3.40. The Morgan fingerprint density at radius 1 is 1.06 bits per heavy atom. The van der Waals surface area contributed by atoms with Crippen molar-refractivity contribution >= 4 is 10.1 Å². The highest BCUT2D eigenvalue weighted by molar-refractivity contribution is 7.85. The van der Waals surface area contributed by atoms with Gasteiger partial charge in [-0.3, -0.25) is 4.18 Å². The molecule has 0 saturated heterocycles. The SMILES string of the molecule is CS(=O)(=O)OCc1ccc(-c2cncnc2)cc1. The zero-order valence-corrected chi connectivity index (χ0v) is 10.6. The summed E-state index contributed by atoms with van der Waals surface area (Å²) in [5.41, 5.74) is 2.67. The molecule has 0 N–H and O–H groups in total. The minimum atomic E-state index is -3.40. The molecule has 94 valence electrons. The van der Waals surface area contributed by atoms with Crippen LogP contribution in [0, 0.1) is 0 Å². The molecule has 6 heteroatoms. The van der Waals surface area contributed by atoms with Crippen molar-refractivity contribution in [2.45, 2.75) is 6.61 Å². The molecule has 0 aliphatic carbocycles. The van der Waals surface area contributed by atoms with Gasteiger partial charge >= 0.3 is 0 Å². The molecule has 0 fully saturated rings. The molecule has 5 nitrogen and oxygen atoms in total. The Bertz CT molecular complexity index is 610. The van der Waals surface area contributed by atoms with E-state index in [0.717, 1.165) is 22.9 Å². The van der Waals surface area contributed by atoms with Crippen molar-refractivity contribution in [3.8, 4) is 11.1 Å². The summed E-state index contributed by atoms with van der Waals surface area (Å²) in [6.45, 7) is 0.0460. The Balaban J connectivity index is 2.11. The average molecular weight is 264 g/mol. The molecular formula is C12H12N2O3S. The van der Waals surface area contributed by atoms with Crippen molar-refractivity contribution in [2.75, 3.05) is 6.26 Å². The third-order valence-electron chi connectivity index (χ3n) is 2.29. The highest BCUT2D eigenvalue weighted by Gasteiger charge is 2.03. The summed E-state index contributed by atoms with van der Waals surface area (Å²) in [4.78, 5) is 7.87. The number of aromatic nitrogens is 2. The van der Waals surface area contributed by atoms with E-state index in [1.54, 1.807) is 12.4 Å². The van der Waals surface area contributed by atoms with Gasteiger partial charge in [-0.2, -0.15) is 8.42 Å². The fraction of sp³-hybridized carbons (Fsp3) is 0.167. The standard InChI is InChI=1S/C12H12N2O3S/c1-18(15,16)17-8-10-2-4-11(5-3-10)12-6-13-9-14-7-12/h2-7,9H,8H2,1H3. The Hall–Kier alpha value is -1.79. The topological polar surface area (TPSA) is 69.2 Å². The first-order chi connectivity index (χ1) is 8.54. The quantitative estimate of drug-likeness (QED) is 0.785. The van der Waals surface area contributed by atoms with Gasteiger partial charge < -0.3 is 0 Å². The van der Waals surface area contributed by atoms with Crippen LogP contribution in [0.4, 0.5) is 0 Å². The largest absolute Gasteiger partial charge is 0.265 e. The third-order valence-corrected chi connectivity index (χ3v) is 2.83. The van der Waals surface area contributed by atoms with Gasteiger partial charge in [-0.25, -0.2) is 9.97 Å². The summed E-state index contributed by atoms with van der Waals surface area (Å²) in [5, 5.41) is 0. The summed E-state index contributed by atoms with van der Waals surface area (Å²) >= 11 is 0. The van der Waals surface area contributed by atoms with Gasteiger partial charge in [0, 0.05) is 18.0 Å². The number of nitrogens with zero attached hydrogens (tertiary/aromatic N) is 2. The van der Waals surface area contributed by atoms with Gasteiger partial charge in [0.2, 0.25) is 0 Å². The smallest absolute Gasteiger partial charge is 0.264 e. The molecule has 1 heterocycles. The van der Waals surface area contributed by atoms with E-state index in [2.05, 4.69) is 9.97 Å². The minimum Gasteiger partial charge on any atom is -0.265 e. The van der Waals surface area contributed by atoms with Crippen molar-refractivity contribution in [1.29, 1.82) is 0 Å². The van der Waals surface area contributed by atoms with Crippen molar-refractivity contribution < 1.29 is 12.6 Å². The van der Waals surface area contributed by atoms with Crippen LogP contribution in [0.5, 0.6) is 0 Å². The molecule has 0 aliphatic heterocycles. The normalized spacial score (nSPS) is 11.4. The maximum absolute atomic E-state index is 10.9. The monoisotopic (exact) mass is 264 g/mol. The van der Waals surface area contributed by atoms with Crippen LogP contribution >= 0.6 is 0 Å². The molecule has 0 atom stereocenters. The van der Waals surface area contributed by atoms with Crippen LogP contribution in [-0.2, 0) is 20.9 Å². The average Bonchev–Trinajstić information content (AvgIpc) is 2.37. The lowest BCUT2D eigenvalue weighted by Gasteiger charge is -2.04. The number of benzene rings is 1. The molecule has 1 aromatic carbocycles. The van der Waals surface area contributed by atoms with Crippen LogP contribution < -0.4 is 0 Å². The summed E-state index contributed by atoms with van der Waals surface area (Å²) in [6.07, 6.45) is 5.94. The molecule has 0 saturated carbocycles. The molecule has 0 radical (unpaired) electrons. The zero-order valence-electron chi connectivity index (χ0n) is 9.78. The summed E-state index contributed by atoms with van der Waals surface area (Å²) < 4.78 is 26.4. The molecule has 0 spiro atoms. The van der Waals surface area contributed by atoms with Gasteiger partial charge in [0.15, 0.2) is 0 Å². The molecule has 1 aromatic heterocycles. The lowest BCUT2D eigenvalue weighted by atomic mass is 10.1. The van der Waals surface area contributed by atoms with Gasteiger partial charge in [-0.05, 0) is 11.1 Å². The third kappa shape index (κ3) is 3.61. The second kappa shape index (κ2) is 5.24. The predicted molar refractivity (Wildman–Crippen MR) is 67.1 cm³/mol. The Morgan fingerprint density at radius 2 is 1.67 bits per heavy atom. The van der Waals surface area contributed by atoms with Gasteiger partial charge in [0.25, 0.3) is 10.1 Å². The molecular weight excluding hydrogens is 252 g/mol. The van der Waals surface area contributed by atoms with Gasteiger partial charge in [0.05, 0.1) is 12.9 Å². The van der Waals surface area contributed by atoms with E-state index in [0.29, 0.717) is 0 Å². The van der Waals surface area contributed by atoms with Crippen LogP contribution in [0.3, 0.4) is 0 Å². The van der Waals surface area contributed by atoms with Crippen LogP contribution in [0.2, 0.25) is 0 Å². The minimum absolute atomic E-state index is 0.0460. The number of hydrogen-bond acceptors (Lipinski definition) is 5. The molecule has 0 unspecified atom stereocenters. The van der Waals surface area contributed by atoms with E-state index in [9.17, 15) is 8.42 Å². The molecule has 0 bridgehead atoms. The van der Waals surface area contributed by atoms with Gasteiger partial charge in [-0.1, -0.05) is 24.3 Å². The van der Waals surface area contributed by atoms with E-state index < -0.39 is 10.1 Å². The molecule has 2 aromatic rings. The Labute approximate surface area is 106 Å². The maximum Gasteiger partial charge on any atom is 0.264 e. The second-order valence-electron chi connectivity index (χ2n) is 3.79. The van der Waals surface area contributed by atoms with Crippen molar-refractivity contribution in [3.63, 3.8) is 0 Å². The Morgan fingerprint density at radius 3 is 2.22 bits per heavy atom. The molecule has 0 aliphatic rings. The maximum atomic E-state index is 10.9. The summed E-state index contributed by atoms with van der Waals surface area (Å²) in [6, 6.07) is 7.38. The summed E-state index contributed by atoms with van der Waals surface area (Å²) in [5.74, 6) is 0. The molecule has 18 heavy (non-hydrogen) atoms. The first-order valence-corrected chi connectivity index (χ1v) is 7.05. The van der Waals surface area contributed by atoms with E-state index in [4.69, 9.17) is 4.18 Å². The fourth-order valence-corrected chi connectivity index (χ4v) is 1.77. The highest BCUT2D eigenvalue weighted by Crippen LogP contribution is 2.18. The van der Waals surface area contributed by atoms with Crippen molar-refractivity contribution in [1.82, 2.24) is 9.97 Å². The fourth-order valence-electron chi connectivity index (χ4n) is 1.42. The van der Waals surface area contributed by atoms with Crippen LogP contribution in [0.15, 0.2) is 43.0 Å². The van der Waals surface area contributed by atoms with Crippen LogP contribution in [0.25, 0.3) is 11.1 Å². The number of rotatable bonds is 4. The second-order valence-corrected chi connectivity index (χ2v) is 5.43. The Kier molecular flexibility index (Phi) is 3.69. The van der Waals surface area contributed by atoms with E-state index in [1.165, 1.54) is 6.33 Å². The van der Waals surface area contributed by atoms with Gasteiger partial charge in [-0.15, -0.1) is 0 Å². The highest BCUT2D eigenvalue weighted by atomic mass is 32.2. The first kappa shape index (κ1) is 12.7. The van der Waals surface area contributed by atoms with Crippen LogP contribution in [-0.4, -0.2) is 24.6 Å². The van der Waals surface area contributed by atoms with Crippen molar-refractivity contribution in [3.05, 3.63) is 48.5 Å². The zero-order chi connectivity index (χ0) is 13.0.